The van der Waals surface area contributed by atoms with Crippen molar-refractivity contribution in [3.8, 4) is 0 Å². The molecule has 1 aliphatic heterocycles. The number of nitrogens with two attached hydrogens (primary N) is 1. The van der Waals surface area contributed by atoms with Gasteiger partial charge < -0.3 is 10.6 Å². The summed E-state index contributed by atoms with van der Waals surface area (Å²) in [5.41, 5.74) is 8.73. The summed E-state index contributed by atoms with van der Waals surface area (Å²) in [4.78, 5) is 2.53. The van der Waals surface area contributed by atoms with Crippen LogP contribution in [0, 0.1) is 0 Å². The second kappa shape index (κ2) is 8.04. The van der Waals surface area contributed by atoms with Crippen LogP contribution in [0.2, 0.25) is 0 Å². The SMILES string of the molecule is CCC(N)Cc1ccc(N2CCCCCCC2)c(Br)c1. The van der Waals surface area contributed by atoms with E-state index >= 15 is 0 Å². The lowest BCUT2D eigenvalue weighted by atomic mass is 10.0. The highest BCUT2D eigenvalue weighted by molar-refractivity contribution is 9.10. The fourth-order valence-corrected chi connectivity index (χ4v) is 3.55. The first-order valence-electron chi connectivity index (χ1n) is 7.99. The van der Waals surface area contributed by atoms with E-state index in [0.29, 0.717) is 0 Å². The highest BCUT2D eigenvalue weighted by Gasteiger charge is 2.13. The number of halogens is 1. The first-order valence-corrected chi connectivity index (χ1v) is 8.79. The van der Waals surface area contributed by atoms with Gasteiger partial charge in [-0.1, -0.05) is 32.3 Å². The van der Waals surface area contributed by atoms with Gasteiger partial charge in [0.05, 0.1) is 5.69 Å². The van der Waals surface area contributed by atoms with Crippen LogP contribution in [0.15, 0.2) is 22.7 Å². The summed E-state index contributed by atoms with van der Waals surface area (Å²) >= 11 is 3.76. The zero-order valence-corrected chi connectivity index (χ0v) is 14.2. The standard InChI is InChI=1S/C17H27BrN2/c1-2-15(19)12-14-8-9-17(16(18)13-14)20-10-6-4-3-5-7-11-20/h8-9,13,15H,2-7,10-12,19H2,1H3. The summed E-state index contributed by atoms with van der Waals surface area (Å²) in [6, 6.07) is 7.04. The molecule has 112 valence electrons. The average molecular weight is 339 g/mol. The van der Waals surface area contributed by atoms with Crippen molar-refractivity contribution in [3.05, 3.63) is 28.2 Å². The number of hydrogen-bond donors (Lipinski definition) is 1. The Morgan fingerprint density at radius 3 is 2.40 bits per heavy atom. The Labute approximate surface area is 131 Å². The number of rotatable bonds is 4. The van der Waals surface area contributed by atoms with E-state index in [2.05, 4.69) is 46.0 Å². The second-order valence-corrected chi connectivity index (χ2v) is 6.77. The van der Waals surface area contributed by atoms with Crippen LogP contribution in [-0.2, 0) is 6.42 Å². The Morgan fingerprint density at radius 2 is 1.80 bits per heavy atom. The van der Waals surface area contributed by atoms with Gasteiger partial charge in [-0.25, -0.2) is 0 Å². The molecule has 1 aliphatic rings. The molecule has 0 bridgehead atoms. The van der Waals surface area contributed by atoms with Crippen molar-refractivity contribution in [2.75, 3.05) is 18.0 Å². The Kier molecular flexibility index (Phi) is 6.37. The van der Waals surface area contributed by atoms with Crippen molar-refractivity contribution in [2.45, 2.75) is 57.9 Å². The highest BCUT2D eigenvalue weighted by Crippen LogP contribution is 2.29. The van der Waals surface area contributed by atoms with Crippen molar-refractivity contribution in [1.82, 2.24) is 0 Å². The first-order chi connectivity index (χ1) is 9.70. The molecule has 2 nitrogen and oxygen atoms in total. The monoisotopic (exact) mass is 338 g/mol. The molecule has 0 saturated carbocycles. The smallest absolute Gasteiger partial charge is 0.0510 e. The van der Waals surface area contributed by atoms with Crippen LogP contribution in [-0.4, -0.2) is 19.1 Å². The topological polar surface area (TPSA) is 29.3 Å². The molecule has 0 radical (unpaired) electrons. The average Bonchev–Trinajstić information content (AvgIpc) is 2.39. The van der Waals surface area contributed by atoms with Crippen molar-refractivity contribution < 1.29 is 0 Å². The molecule has 0 aromatic heterocycles. The third-order valence-electron chi connectivity index (χ3n) is 4.23. The maximum absolute atomic E-state index is 6.05. The summed E-state index contributed by atoms with van der Waals surface area (Å²) < 4.78 is 1.22. The number of benzene rings is 1. The van der Waals surface area contributed by atoms with Crippen molar-refractivity contribution in [2.24, 2.45) is 5.73 Å². The van der Waals surface area contributed by atoms with Gasteiger partial charge in [-0.2, -0.15) is 0 Å². The van der Waals surface area contributed by atoms with E-state index in [1.807, 2.05) is 0 Å². The Hall–Kier alpha value is -0.540. The van der Waals surface area contributed by atoms with E-state index < -0.39 is 0 Å². The zero-order valence-electron chi connectivity index (χ0n) is 12.6. The Balaban J connectivity index is 2.07. The van der Waals surface area contributed by atoms with Crippen molar-refractivity contribution in [1.29, 1.82) is 0 Å². The van der Waals surface area contributed by atoms with E-state index in [1.165, 1.54) is 60.9 Å². The van der Waals surface area contributed by atoms with Crippen LogP contribution < -0.4 is 10.6 Å². The Morgan fingerprint density at radius 1 is 1.15 bits per heavy atom. The van der Waals surface area contributed by atoms with Crippen LogP contribution in [0.4, 0.5) is 5.69 Å². The quantitative estimate of drug-likeness (QED) is 0.875. The van der Waals surface area contributed by atoms with E-state index in [0.717, 1.165) is 12.8 Å². The van der Waals surface area contributed by atoms with Crippen LogP contribution in [0.25, 0.3) is 0 Å². The molecule has 1 unspecified atom stereocenters. The predicted octanol–water partition coefficient (Wildman–Crippen LogP) is 4.50. The van der Waals surface area contributed by atoms with Crippen molar-refractivity contribution in [3.63, 3.8) is 0 Å². The van der Waals surface area contributed by atoms with Crippen LogP contribution >= 0.6 is 15.9 Å². The first kappa shape index (κ1) is 15.8. The van der Waals surface area contributed by atoms with Gasteiger partial charge in [0.15, 0.2) is 0 Å². The minimum absolute atomic E-state index is 0.273. The van der Waals surface area contributed by atoms with E-state index in [1.54, 1.807) is 0 Å². The molecule has 3 heteroatoms. The minimum Gasteiger partial charge on any atom is -0.371 e. The molecule has 0 aliphatic carbocycles. The summed E-state index contributed by atoms with van der Waals surface area (Å²) in [6.07, 6.45) is 8.78. The van der Waals surface area contributed by atoms with Gasteiger partial charge in [-0.3, -0.25) is 0 Å². The van der Waals surface area contributed by atoms with Crippen molar-refractivity contribution >= 4 is 21.6 Å². The van der Waals surface area contributed by atoms with Crippen LogP contribution in [0.3, 0.4) is 0 Å². The number of hydrogen-bond acceptors (Lipinski definition) is 2. The molecule has 0 amide bonds. The molecule has 1 fully saturated rings. The van der Waals surface area contributed by atoms with Gasteiger partial charge in [0.1, 0.15) is 0 Å². The normalized spacial score (nSPS) is 18.4. The molecule has 20 heavy (non-hydrogen) atoms. The zero-order chi connectivity index (χ0) is 14.4. The summed E-state index contributed by atoms with van der Waals surface area (Å²) in [7, 11) is 0. The summed E-state index contributed by atoms with van der Waals surface area (Å²) in [5, 5.41) is 0. The molecular formula is C17H27BrN2. The van der Waals surface area contributed by atoms with Crippen LogP contribution in [0.1, 0.15) is 51.0 Å². The summed E-state index contributed by atoms with van der Waals surface area (Å²) in [6.45, 7) is 4.52. The molecule has 1 heterocycles. The lowest BCUT2D eigenvalue weighted by molar-refractivity contribution is 0.556. The maximum Gasteiger partial charge on any atom is 0.0510 e. The molecular weight excluding hydrogens is 312 g/mol. The number of nitrogens with zero attached hydrogens (tertiary/aromatic N) is 1. The Bertz CT molecular complexity index is 411. The largest absolute Gasteiger partial charge is 0.371 e. The van der Waals surface area contributed by atoms with E-state index in [-0.39, 0.29) is 6.04 Å². The fraction of sp³-hybridized carbons (Fsp3) is 0.647. The molecule has 1 saturated heterocycles. The predicted molar refractivity (Wildman–Crippen MR) is 91.4 cm³/mol. The van der Waals surface area contributed by atoms with Crippen LogP contribution in [0.5, 0.6) is 0 Å². The molecule has 2 rings (SSSR count). The molecule has 1 aromatic carbocycles. The lowest BCUT2D eigenvalue weighted by Crippen LogP contribution is -2.27. The minimum atomic E-state index is 0.273. The molecule has 1 aromatic rings. The number of anilines is 1. The third kappa shape index (κ3) is 4.49. The maximum atomic E-state index is 6.05. The second-order valence-electron chi connectivity index (χ2n) is 5.91. The van der Waals surface area contributed by atoms with E-state index in [4.69, 9.17) is 5.73 Å². The van der Waals surface area contributed by atoms with Gasteiger partial charge in [0, 0.05) is 23.6 Å². The molecule has 1 atom stereocenters. The lowest BCUT2D eigenvalue weighted by Gasteiger charge is -2.28. The fourth-order valence-electron chi connectivity index (χ4n) is 2.87. The summed E-state index contributed by atoms with van der Waals surface area (Å²) in [5.74, 6) is 0. The van der Waals surface area contributed by atoms with Gasteiger partial charge in [-0.05, 0) is 59.3 Å². The molecule has 2 N–H and O–H groups in total. The van der Waals surface area contributed by atoms with Gasteiger partial charge in [0.25, 0.3) is 0 Å². The van der Waals surface area contributed by atoms with Gasteiger partial charge in [0.2, 0.25) is 0 Å². The van der Waals surface area contributed by atoms with Gasteiger partial charge in [-0.15, -0.1) is 0 Å². The third-order valence-corrected chi connectivity index (χ3v) is 4.87. The highest BCUT2D eigenvalue weighted by atomic mass is 79.9. The molecule has 0 spiro atoms. The van der Waals surface area contributed by atoms with Gasteiger partial charge >= 0.3 is 0 Å². The van der Waals surface area contributed by atoms with E-state index in [9.17, 15) is 0 Å².